The van der Waals surface area contributed by atoms with Gasteiger partial charge in [0.1, 0.15) is 0 Å². The lowest BCUT2D eigenvalue weighted by molar-refractivity contribution is -0.124. The number of hydrogen-bond acceptors (Lipinski definition) is 4. The lowest BCUT2D eigenvalue weighted by atomic mass is 9.69. The third kappa shape index (κ3) is 18.0. The van der Waals surface area contributed by atoms with Gasteiger partial charge in [-0.05, 0) is 125 Å². The van der Waals surface area contributed by atoms with Gasteiger partial charge in [-0.1, -0.05) is 300 Å². The minimum Gasteiger partial charge on any atom is -0.306 e. The average Bonchev–Trinajstić information content (AvgIpc) is 1.60. The largest absolute Gasteiger partial charge is 0.306 e. The summed E-state index contributed by atoms with van der Waals surface area (Å²) in [6.07, 6.45) is 43.3. The second kappa shape index (κ2) is 34.5. The number of carbonyl (C=O) groups is 2. The summed E-state index contributed by atoms with van der Waals surface area (Å²) in [5.41, 5.74) is 11.7. The van der Waals surface area contributed by atoms with E-state index in [-0.39, 0.29) is 28.1 Å². The van der Waals surface area contributed by atoms with E-state index >= 15 is 9.59 Å². The van der Waals surface area contributed by atoms with Crippen LogP contribution in [0.3, 0.4) is 0 Å². The Hall–Kier alpha value is -3.74. The van der Waals surface area contributed by atoms with Gasteiger partial charge >= 0.3 is 0 Å². The third-order valence-corrected chi connectivity index (χ3v) is 22.7. The van der Waals surface area contributed by atoms with Crippen LogP contribution in [0.4, 0.5) is 0 Å². The highest BCUT2D eigenvalue weighted by atomic mass is 32.1. The van der Waals surface area contributed by atoms with E-state index < -0.39 is 0 Å². The Labute approximate surface area is 535 Å². The molecule has 2 amide bonds. The summed E-state index contributed by atoms with van der Waals surface area (Å²) in [5, 5.41) is 0. The van der Waals surface area contributed by atoms with Crippen molar-refractivity contribution in [3.05, 3.63) is 103 Å². The van der Waals surface area contributed by atoms with Gasteiger partial charge in [0.15, 0.2) is 0 Å². The van der Waals surface area contributed by atoms with Crippen LogP contribution in [0.25, 0.3) is 33.0 Å². The molecule has 2 aliphatic heterocycles. The molecule has 0 fully saturated rings. The normalized spacial score (nSPS) is 16.8. The molecule has 4 aromatic rings. The number of hydrogen-bond donors (Lipinski definition) is 0. The van der Waals surface area contributed by atoms with Crippen LogP contribution in [-0.2, 0) is 25.8 Å². The first-order chi connectivity index (χ1) is 41.6. The molecule has 0 bridgehead atoms. The molecule has 4 nitrogen and oxygen atoms in total. The fourth-order valence-electron chi connectivity index (χ4n) is 14.7. The van der Waals surface area contributed by atoms with Gasteiger partial charge in [-0.2, -0.15) is 0 Å². The predicted molar refractivity (Wildman–Crippen MR) is 378 cm³/mol. The van der Waals surface area contributed by atoms with Crippen molar-refractivity contribution in [1.82, 2.24) is 9.80 Å². The van der Waals surface area contributed by atoms with E-state index in [0.717, 1.165) is 46.8 Å². The van der Waals surface area contributed by atoms with Crippen molar-refractivity contribution >= 4 is 45.9 Å². The molecule has 3 unspecified atom stereocenters. The molecule has 2 aromatic heterocycles. The summed E-state index contributed by atoms with van der Waals surface area (Å²) < 4.78 is 0. The van der Waals surface area contributed by atoms with Gasteiger partial charge < -0.3 is 9.80 Å². The molecule has 4 heterocycles. The fraction of sp³-hybridized carbons (Fsp3) is 0.675. The molecule has 3 aliphatic rings. The van der Waals surface area contributed by atoms with Crippen LogP contribution in [0.5, 0.6) is 0 Å². The highest BCUT2D eigenvalue weighted by Gasteiger charge is 2.51. The Morgan fingerprint density at radius 2 is 0.767 bits per heavy atom. The molecule has 7 rings (SSSR count). The highest BCUT2D eigenvalue weighted by molar-refractivity contribution is 7.16. The van der Waals surface area contributed by atoms with Crippen LogP contribution < -0.4 is 0 Å². The van der Waals surface area contributed by atoms with Crippen LogP contribution in [0.1, 0.15) is 339 Å². The SMILES string of the molecule is CCCCCCCCC(CCCCCC)CN1C(=O)C2=C(c3ccc(C(C)(C)C)s3)N(CC(CCCCCC)CCCCCCCC)C(=O)C2=C1c1ccc(-c2ccc3c(c2)C(CCCCC)(CCCCCCCC)c2cc(C(C)(C)C)ccc2-3)s1. The van der Waals surface area contributed by atoms with Crippen molar-refractivity contribution in [2.24, 2.45) is 11.8 Å². The Morgan fingerprint density at radius 1 is 0.395 bits per heavy atom. The second-order valence-electron chi connectivity index (χ2n) is 29.2. The molecular weight excluding hydrogens is 1090 g/mol. The van der Waals surface area contributed by atoms with Crippen LogP contribution in [0.2, 0.25) is 0 Å². The predicted octanol–water partition coefficient (Wildman–Crippen LogP) is 25.2. The molecule has 1 aliphatic carbocycles. The van der Waals surface area contributed by atoms with Gasteiger partial charge in [0, 0.05) is 28.3 Å². The number of amides is 2. The second-order valence-corrected chi connectivity index (χ2v) is 31.4. The Morgan fingerprint density at radius 3 is 1.22 bits per heavy atom. The van der Waals surface area contributed by atoms with Gasteiger partial charge in [0.25, 0.3) is 11.8 Å². The van der Waals surface area contributed by atoms with Gasteiger partial charge in [-0.15, -0.1) is 22.7 Å². The number of nitrogens with zero attached hydrogens (tertiary/aromatic N) is 2. The van der Waals surface area contributed by atoms with E-state index in [1.54, 1.807) is 16.9 Å². The third-order valence-electron chi connectivity index (χ3n) is 20.0. The minimum atomic E-state index is -0.0508. The zero-order valence-corrected chi connectivity index (χ0v) is 58.8. The number of fused-ring (bicyclic) bond motifs is 4. The van der Waals surface area contributed by atoms with Crippen LogP contribution >= 0.6 is 22.7 Å². The lowest BCUT2D eigenvalue weighted by Gasteiger charge is -2.34. The smallest absolute Gasteiger partial charge is 0.261 e. The quantitative estimate of drug-likeness (QED) is 0.0415. The van der Waals surface area contributed by atoms with Crippen molar-refractivity contribution in [2.75, 3.05) is 13.1 Å². The lowest BCUT2D eigenvalue weighted by Crippen LogP contribution is -2.34. The summed E-state index contributed by atoms with van der Waals surface area (Å²) in [6, 6.07) is 24.1. The van der Waals surface area contributed by atoms with Crippen LogP contribution in [0.15, 0.2) is 71.8 Å². The van der Waals surface area contributed by atoms with Crippen LogP contribution in [0, 0.1) is 11.8 Å². The number of benzene rings is 2. The molecule has 0 saturated heterocycles. The van der Waals surface area contributed by atoms with Crippen molar-refractivity contribution in [2.45, 2.75) is 324 Å². The molecule has 3 atom stereocenters. The molecular formula is C80H122N2O2S2. The summed E-state index contributed by atoms with van der Waals surface area (Å²) in [6.45, 7) is 29.2. The maximum Gasteiger partial charge on any atom is 0.261 e. The van der Waals surface area contributed by atoms with Crippen molar-refractivity contribution < 1.29 is 9.59 Å². The Balaban J connectivity index is 1.37. The van der Waals surface area contributed by atoms with Gasteiger partial charge in [-0.3, -0.25) is 9.59 Å². The molecule has 0 N–H and O–H groups in total. The van der Waals surface area contributed by atoms with Gasteiger partial charge in [-0.25, -0.2) is 0 Å². The topological polar surface area (TPSA) is 40.6 Å². The molecule has 86 heavy (non-hydrogen) atoms. The summed E-state index contributed by atoms with van der Waals surface area (Å²) in [7, 11) is 0. The maximum atomic E-state index is 16.2. The average molecular weight is 1210 g/mol. The first kappa shape index (κ1) is 69.7. The molecule has 0 radical (unpaired) electrons. The van der Waals surface area contributed by atoms with Gasteiger partial charge in [0.2, 0.25) is 0 Å². The summed E-state index contributed by atoms with van der Waals surface area (Å²) in [5.74, 6) is 0.854. The van der Waals surface area contributed by atoms with E-state index in [1.807, 2.05) is 11.3 Å². The summed E-state index contributed by atoms with van der Waals surface area (Å²) in [4.78, 5) is 41.4. The van der Waals surface area contributed by atoms with E-state index in [1.165, 1.54) is 237 Å². The highest BCUT2D eigenvalue weighted by Crippen LogP contribution is 2.57. The summed E-state index contributed by atoms with van der Waals surface area (Å²) >= 11 is 3.62. The number of carbonyl (C=O) groups excluding carboxylic acids is 2. The number of thiophene rings is 2. The van der Waals surface area contributed by atoms with E-state index in [2.05, 4.69) is 154 Å². The molecule has 476 valence electrons. The zero-order valence-electron chi connectivity index (χ0n) is 57.1. The number of rotatable bonds is 42. The molecule has 0 spiro atoms. The maximum absolute atomic E-state index is 16.2. The standard InChI is InChI=1S/C80H122N2O2S2/c1-13-19-25-30-33-38-44-60(42-36-28-22-16-4)58-81-74(72-73(77(81)84)75(70-52-53-71(86-70)79(10,11)12)82(76(72)83)59-61(43-37-29-23-17-5)45-39-34-31-26-20-14-2)69-51-50-68(85-69)62-46-48-64-65-49-47-63(78(7,8)9)57-67(65)80(66(64)56-62,54-40-24-18-6)55-41-35-32-27-21-15-3/h46-53,56-57,60-61H,13-45,54-55,58-59H2,1-12H3. The van der Waals surface area contributed by atoms with Crippen LogP contribution in [-0.4, -0.2) is 34.7 Å². The zero-order chi connectivity index (χ0) is 61.7. The van der Waals surface area contributed by atoms with E-state index in [4.69, 9.17) is 0 Å². The van der Waals surface area contributed by atoms with Crippen molar-refractivity contribution in [3.63, 3.8) is 0 Å². The number of unbranched alkanes of at least 4 members (excludes halogenated alkanes) is 23. The minimum absolute atomic E-state index is 0.0449. The molecule has 2 aromatic carbocycles. The fourth-order valence-corrected chi connectivity index (χ4v) is 16.9. The van der Waals surface area contributed by atoms with E-state index in [0.29, 0.717) is 36.1 Å². The first-order valence-electron chi connectivity index (χ1n) is 36.2. The first-order valence-corrected chi connectivity index (χ1v) is 37.8. The van der Waals surface area contributed by atoms with Crippen molar-refractivity contribution in [1.29, 1.82) is 0 Å². The Bertz CT molecular complexity index is 2790. The Kier molecular flexibility index (Phi) is 27.9. The monoisotopic (exact) mass is 1210 g/mol. The van der Waals surface area contributed by atoms with E-state index in [9.17, 15) is 0 Å². The van der Waals surface area contributed by atoms with Gasteiger partial charge in [0.05, 0.1) is 32.3 Å². The molecule has 6 heteroatoms. The van der Waals surface area contributed by atoms with Crippen molar-refractivity contribution in [3.8, 4) is 21.6 Å². The molecule has 0 saturated carbocycles.